The second kappa shape index (κ2) is 9.25. The number of nitrogens with zero attached hydrogens (tertiary/aromatic N) is 6. The van der Waals surface area contributed by atoms with Crippen molar-refractivity contribution in [2.45, 2.75) is 69.5 Å². The summed E-state index contributed by atoms with van der Waals surface area (Å²) in [4.78, 5) is 54.2. The number of rotatable bonds is 7. The number of likely N-dealkylation sites (tertiary alicyclic amines) is 1. The first-order valence-electron chi connectivity index (χ1n) is 13.1. The van der Waals surface area contributed by atoms with Gasteiger partial charge in [-0.1, -0.05) is 11.8 Å². The van der Waals surface area contributed by atoms with Crippen molar-refractivity contribution in [2.24, 2.45) is 11.3 Å². The zero-order chi connectivity index (χ0) is 28.6. The van der Waals surface area contributed by atoms with Gasteiger partial charge in [0.2, 0.25) is 11.8 Å². The summed E-state index contributed by atoms with van der Waals surface area (Å²) in [7, 11) is 0. The number of pyridine rings is 1. The molecule has 40 heavy (non-hydrogen) atoms. The lowest BCUT2D eigenvalue weighted by molar-refractivity contribution is -0.140. The maximum Gasteiger partial charge on any atom is 0.246 e. The van der Waals surface area contributed by atoms with Gasteiger partial charge in [-0.25, -0.2) is 9.97 Å². The van der Waals surface area contributed by atoms with E-state index in [2.05, 4.69) is 37.2 Å². The maximum absolute atomic E-state index is 13.8. The van der Waals surface area contributed by atoms with Gasteiger partial charge in [0, 0.05) is 42.2 Å². The SMILES string of the molecule is CC(=O)c1nn(CC(=O)N2[C@H](C(=O)N[C@H](C)[C@H]3CC3(Cl)Cl)C[C@@]3(C)C#C[C@@H]23)c2cnc(-c3cnc(C)nc3)cc12. The molecule has 0 unspecified atom stereocenters. The van der Waals surface area contributed by atoms with E-state index in [4.69, 9.17) is 23.2 Å². The number of carbonyl (C=O) groups excluding carboxylic acids is 3. The van der Waals surface area contributed by atoms with Gasteiger partial charge in [0.15, 0.2) is 5.78 Å². The Hall–Kier alpha value is -3.55. The Morgan fingerprint density at radius 1 is 1.18 bits per heavy atom. The van der Waals surface area contributed by atoms with Gasteiger partial charge in [-0.3, -0.25) is 24.0 Å². The summed E-state index contributed by atoms with van der Waals surface area (Å²) in [5.74, 6) is 5.97. The number of ketones is 1. The molecule has 1 saturated heterocycles. The number of carbonyl (C=O) groups is 3. The predicted molar refractivity (Wildman–Crippen MR) is 148 cm³/mol. The van der Waals surface area contributed by atoms with Gasteiger partial charge in [0.1, 0.15) is 34.5 Å². The van der Waals surface area contributed by atoms with E-state index in [1.807, 2.05) is 13.8 Å². The Morgan fingerprint density at radius 3 is 2.48 bits per heavy atom. The Morgan fingerprint density at radius 2 is 1.88 bits per heavy atom. The monoisotopic (exact) mass is 579 g/mol. The molecule has 1 saturated carbocycles. The molecule has 0 radical (unpaired) electrons. The molecule has 2 aliphatic carbocycles. The molecule has 6 rings (SSSR count). The second-order valence-electron chi connectivity index (χ2n) is 11.1. The summed E-state index contributed by atoms with van der Waals surface area (Å²) in [5.41, 5.74) is 1.57. The molecule has 10 nitrogen and oxygen atoms in total. The van der Waals surface area contributed by atoms with Crippen LogP contribution in [-0.2, 0) is 16.1 Å². The van der Waals surface area contributed by atoms with E-state index in [1.165, 1.54) is 11.6 Å². The quantitative estimate of drug-likeness (QED) is 0.259. The Balaban J connectivity index is 1.28. The zero-order valence-electron chi connectivity index (χ0n) is 22.4. The van der Waals surface area contributed by atoms with E-state index in [0.717, 1.165) is 0 Å². The summed E-state index contributed by atoms with van der Waals surface area (Å²) in [6, 6.07) is 0.416. The molecule has 206 valence electrons. The van der Waals surface area contributed by atoms with Gasteiger partial charge in [0.25, 0.3) is 0 Å². The van der Waals surface area contributed by atoms with Crippen molar-refractivity contribution in [3.63, 3.8) is 0 Å². The van der Waals surface area contributed by atoms with Gasteiger partial charge in [0.05, 0.1) is 22.8 Å². The van der Waals surface area contributed by atoms with Gasteiger partial charge in [-0.05, 0) is 39.7 Å². The number of amides is 2. The second-order valence-corrected chi connectivity index (χ2v) is 12.7. The van der Waals surface area contributed by atoms with E-state index in [0.29, 0.717) is 40.8 Å². The Labute approximate surface area is 240 Å². The summed E-state index contributed by atoms with van der Waals surface area (Å²) in [5, 5.41) is 8.05. The van der Waals surface area contributed by atoms with Crippen LogP contribution in [0.5, 0.6) is 0 Å². The molecule has 2 amide bonds. The van der Waals surface area contributed by atoms with E-state index in [9.17, 15) is 14.4 Å². The van der Waals surface area contributed by atoms with Gasteiger partial charge in [-0.15, -0.1) is 23.2 Å². The number of hydrogen-bond acceptors (Lipinski definition) is 7. The van der Waals surface area contributed by atoms with Crippen LogP contribution < -0.4 is 5.32 Å². The van der Waals surface area contributed by atoms with Gasteiger partial charge >= 0.3 is 0 Å². The third kappa shape index (κ3) is 4.41. The molecule has 3 aromatic heterocycles. The normalized spacial score (nSPS) is 26.4. The minimum Gasteiger partial charge on any atom is -0.351 e. The smallest absolute Gasteiger partial charge is 0.246 e. The average molecular weight is 580 g/mol. The molecule has 3 aliphatic rings. The van der Waals surface area contributed by atoms with Crippen LogP contribution in [-0.4, -0.2) is 69.7 Å². The van der Waals surface area contributed by atoms with E-state index in [-0.39, 0.29) is 47.8 Å². The lowest BCUT2D eigenvalue weighted by atomic mass is 9.76. The van der Waals surface area contributed by atoms with Crippen molar-refractivity contribution in [1.82, 2.24) is 34.9 Å². The van der Waals surface area contributed by atoms with Crippen molar-refractivity contribution in [3.05, 3.63) is 36.2 Å². The topological polar surface area (TPSA) is 123 Å². The summed E-state index contributed by atoms with van der Waals surface area (Å²) in [6.07, 6.45) is 5.94. The third-order valence-electron chi connectivity index (χ3n) is 8.10. The first-order valence-corrected chi connectivity index (χ1v) is 13.8. The number of aromatic nitrogens is 5. The molecular formula is C28H27Cl2N7O3. The largest absolute Gasteiger partial charge is 0.351 e. The van der Waals surface area contributed by atoms with Crippen molar-refractivity contribution in [2.75, 3.05) is 0 Å². The summed E-state index contributed by atoms with van der Waals surface area (Å²) in [6.45, 7) is 6.87. The van der Waals surface area contributed by atoms with Crippen molar-refractivity contribution in [1.29, 1.82) is 0 Å². The van der Waals surface area contributed by atoms with Crippen LogP contribution in [0.4, 0.5) is 0 Å². The fraction of sp³-hybridized carbons (Fsp3) is 0.464. The fourth-order valence-corrected chi connectivity index (χ4v) is 6.39. The zero-order valence-corrected chi connectivity index (χ0v) is 23.9. The Bertz CT molecular complexity index is 1640. The van der Waals surface area contributed by atoms with Crippen LogP contribution in [0.25, 0.3) is 22.2 Å². The number of halogens is 2. The van der Waals surface area contributed by atoms with Gasteiger partial charge in [-0.2, -0.15) is 5.10 Å². The molecule has 4 heterocycles. The van der Waals surface area contributed by atoms with Crippen molar-refractivity contribution < 1.29 is 14.4 Å². The number of alkyl halides is 2. The van der Waals surface area contributed by atoms with Crippen LogP contribution in [0.1, 0.15) is 49.9 Å². The molecule has 3 aromatic rings. The number of hydrogen-bond donors (Lipinski definition) is 1. The number of nitrogens with one attached hydrogen (secondary N) is 1. The molecule has 1 N–H and O–H groups in total. The molecule has 0 spiro atoms. The maximum atomic E-state index is 13.8. The lowest BCUT2D eigenvalue weighted by Crippen LogP contribution is -2.53. The first-order chi connectivity index (χ1) is 18.9. The predicted octanol–water partition coefficient (Wildman–Crippen LogP) is 3.09. The highest BCUT2D eigenvalue weighted by molar-refractivity contribution is 6.51. The van der Waals surface area contributed by atoms with Crippen LogP contribution in [0.15, 0.2) is 24.7 Å². The molecule has 12 heteroatoms. The van der Waals surface area contributed by atoms with Crippen molar-refractivity contribution >= 4 is 51.7 Å². The standard InChI is InChI=1S/C28H27Cl2N7O3/c1-14(19-8-28(19,29)30)34-26(40)21-9-27(4)6-5-23(27)37(21)24(39)13-36-22-12-33-20(17-10-31-16(3)32-11-17)7-18(22)25(35-36)15(2)38/h7,10-12,14,19,21,23H,8-9,13H2,1-4H3,(H,34,40)/t14-,19-,21+,23-,27-/m1/s1. The van der Waals surface area contributed by atoms with E-state index < -0.39 is 15.8 Å². The van der Waals surface area contributed by atoms with Gasteiger partial charge < -0.3 is 10.2 Å². The number of Topliss-reactive ketones (excluding diaryl/α,β-unsaturated/α-hetero) is 1. The van der Waals surface area contributed by atoms with Crippen molar-refractivity contribution in [3.8, 4) is 23.1 Å². The first kappa shape index (κ1) is 26.7. The highest BCUT2D eigenvalue weighted by atomic mass is 35.5. The summed E-state index contributed by atoms with van der Waals surface area (Å²) < 4.78 is 0.637. The molecule has 0 aromatic carbocycles. The van der Waals surface area contributed by atoms with Crippen LogP contribution in [0, 0.1) is 30.1 Å². The molecule has 2 fully saturated rings. The van der Waals surface area contributed by atoms with E-state index in [1.54, 1.807) is 36.5 Å². The van der Waals surface area contributed by atoms with Crippen LogP contribution in [0.3, 0.4) is 0 Å². The minimum atomic E-state index is -0.831. The average Bonchev–Trinajstić information content (AvgIpc) is 3.31. The number of fused-ring (bicyclic) bond motifs is 2. The molecule has 0 bridgehead atoms. The van der Waals surface area contributed by atoms with Crippen LogP contribution >= 0.6 is 23.2 Å². The third-order valence-corrected chi connectivity index (χ3v) is 8.97. The molecule has 5 atom stereocenters. The highest BCUT2D eigenvalue weighted by Gasteiger charge is 2.58. The minimum absolute atomic E-state index is 0.0433. The highest BCUT2D eigenvalue weighted by Crippen LogP contribution is 2.55. The molecular weight excluding hydrogens is 553 g/mol. The summed E-state index contributed by atoms with van der Waals surface area (Å²) >= 11 is 12.4. The molecule has 1 aliphatic heterocycles. The number of aryl methyl sites for hydroxylation is 1. The van der Waals surface area contributed by atoms with E-state index >= 15 is 0 Å². The Kier molecular flexibility index (Phi) is 6.16. The lowest BCUT2D eigenvalue weighted by Gasteiger charge is -2.34. The van der Waals surface area contributed by atoms with Crippen LogP contribution in [0.2, 0.25) is 0 Å². The fourth-order valence-electron chi connectivity index (χ4n) is 5.68.